The van der Waals surface area contributed by atoms with Crippen LogP contribution in [0.1, 0.15) is 43.0 Å². The highest BCUT2D eigenvalue weighted by atomic mass is 16.4. The Labute approximate surface area is 160 Å². The van der Waals surface area contributed by atoms with E-state index in [1.54, 1.807) is 12.1 Å². The number of nitrogens with one attached hydrogen (secondary N) is 1. The van der Waals surface area contributed by atoms with Crippen molar-refractivity contribution in [2.75, 3.05) is 30.9 Å². The van der Waals surface area contributed by atoms with Crippen LogP contribution in [0.4, 0.5) is 22.7 Å². The van der Waals surface area contributed by atoms with Gasteiger partial charge in [-0.15, -0.1) is 5.11 Å². The molecule has 0 aliphatic heterocycles. The van der Waals surface area contributed by atoms with Crippen LogP contribution in [0.15, 0.2) is 52.7 Å². The number of carboxylic acids is 1. The zero-order valence-corrected chi connectivity index (χ0v) is 16.3. The maximum absolute atomic E-state index is 10.9. The summed E-state index contributed by atoms with van der Waals surface area (Å²) in [5.41, 5.74) is 3.65. The van der Waals surface area contributed by atoms with E-state index in [2.05, 4.69) is 28.5 Å². The van der Waals surface area contributed by atoms with Crippen LogP contribution < -0.4 is 10.2 Å². The summed E-state index contributed by atoms with van der Waals surface area (Å²) in [7, 11) is 4.01. The van der Waals surface area contributed by atoms with Crippen molar-refractivity contribution in [1.82, 2.24) is 0 Å². The molecule has 2 aromatic rings. The number of carboxylic acid groups (broad SMARTS) is 1. The number of unbranched alkanes of at least 4 members (excludes halogenated alkanes) is 3. The molecular formula is C21H28N4O2. The monoisotopic (exact) mass is 368 g/mol. The molecule has 0 aliphatic rings. The third-order valence-corrected chi connectivity index (χ3v) is 4.23. The summed E-state index contributed by atoms with van der Waals surface area (Å²) in [6, 6.07) is 12.4. The first-order valence-electron chi connectivity index (χ1n) is 9.31. The maximum atomic E-state index is 10.9. The Morgan fingerprint density at radius 3 is 2.41 bits per heavy atom. The summed E-state index contributed by atoms with van der Waals surface area (Å²) in [4.78, 5) is 13.0. The summed E-state index contributed by atoms with van der Waals surface area (Å²) in [6.07, 6.45) is 4.80. The van der Waals surface area contributed by atoms with Gasteiger partial charge in [-0.3, -0.25) is 0 Å². The Balaban J connectivity index is 2.14. The van der Waals surface area contributed by atoms with Gasteiger partial charge in [0, 0.05) is 26.3 Å². The van der Waals surface area contributed by atoms with Gasteiger partial charge in [-0.2, -0.15) is 5.11 Å². The van der Waals surface area contributed by atoms with Crippen LogP contribution in [0.5, 0.6) is 0 Å². The van der Waals surface area contributed by atoms with E-state index in [1.807, 2.05) is 31.1 Å². The van der Waals surface area contributed by atoms with Crippen molar-refractivity contribution in [2.24, 2.45) is 10.2 Å². The fourth-order valence-corrected chi connectivity index (χ4v) is 2.59. The van der Waals surface area contributed by atoms with Crippen LogP contribution in [0.25, 0.3) is 0 Å². The number of aromatic carboxylic acids is 1. The predicted octanol–water partition coefficient (Wildman–Crippen LogP) is 5.86. The second-order valence-corrected chi connectivity index (χ2v) is 6.64. The van der Waals surface area contributed by atoms with E-state index in [4.69, 9.17) is 5.11 Å². The SMILES string of the molecule is CCCCCCNc1cc(N(C)C)ccc1N=Nc1ccc(C(=O)O)cc1. The molecule has 0 saturated heterocycles. The highest BCUT2D eigenvalue weighted by molar-refractivity contribution is 5.87. The van der Waals surface area contributed by atoms with Gasteiger partial charge in [-0.1, -0.05) is 26.2 Å². The van der Waals surface area contributed by atoms with Crippen molar-refractivity contribution in [2.45, 2.75) is 32.6 Å². The van der Waals surface area contributed by atoms with E-state index < -0.39 is 5.97 Å². The van der Waals surface area contributed by atoms with Gasteiger partial charge >= 0.3 is 5.97 Å². The standard InChI is InChI=1S/C21H28N4O2/c1-4-5-6-7-14-22-20-15-18(25(2)3)12-13-19(20)24-23-17-10-8-16(9-11-17)21(26)27/h8-13,15,22H,4-7,14H2,1-3H3,(H,26,27). The minimum absolute atomic E-state index is 0.235. The average molecular weight is 368 g/mol. The highest BCUT2D eigenvalue weighted by Crippen LogP contribution is 2.31. The Morgan fingerprint density at radius 2 is 1.78 bits per heavy atom. The summed E-state index contributed by atoms with van der Waals surface area (Å²) in [6.45, 7) is 3.10. The van der Waals surface area contributed by atoms with Crippen LogP contribution in [-0.4, -0.2) is 31.7 Å². The van der Waals surface area contributed by atoms with E-state index in [0.717, 1.165) is 30.0 Å². The van der Waals surface area contributed by atoms with Crippen molar-refractivity contribution >= 4 is 28.7 Å². The lowest BCUT2D eigenvalue weighted by Crippen LogP contribution is -2.09. The number of rotatable bonds is 10. The zero-order chi connectivity index (χ0) is 19.6. The van der Waals surface area contributed by atoms with Gasteiger partial charge in [0.1, 0.15) is 5.69 Å². The third-order valence-electron chi connectivity index (χ3n) is 4.23. The van der Waals surface area contributed by atoms with Crippen molar-refractivity contribution in [3.63, 3.8) is 0 Å². The second-order valence-electron chi connectivity index (χ2n) is 6.64. The van der Waals surface area contributed by atoms with Gasteiger partial charge < -0.3 is 15.3 Å². The topological polar surface area (TPSA) is 77.3 Å². The van der Waals surface area contributed by atoms with Gasteiger partial charge in [0.2, 0.25) is 0 Å². The molecule has 0 heterocycles. The summed E-state index contributed by atoms with van der Waals surface area (Å²) >= 11 is 0. The van der Waals surface area contributed by atoms with Crippen LogP contribution >= 0.6 is 0 Å². The van der Waals surface area contributed by atoms with Crippen molar-refractivity contribution in [3.8, 4) is 0 Å². The van der Waals surface area contributed by atoms with Crippen LogP contribution in [0, 0.1) is 0 Å². The minimum Gasteiger partial charge on any atom is -0.478 e. The first kappa shape index (κ1) is 20.4. The van der Waals surface area contributed by atoms with Gasteiger partial charge in [0.15, 0.2) is 0 Å². The van der Waals surface area contributed by atoms with Gasteiger partial charge in [0.25, 0.3) is 0 Å². The lowest BCUT2D eigenvalue weighted by Gasteiger charge is -2.16. The van der Waals surface area contributed by atoms with E-state index in [9.17, 15) is 4.79 Å². The van der Waals surface area contributed by atoms with Crippen LogP contribution in [-0.2, 0) is 0 Å². The Bertz CT molecular complexity index is 770. The van der Waals surface area contributed by atoms with E-state index >= 15 is 0 Å². The molecule has 6 nitrogen and oxygen atoms in total. The average Bonchev–Trinajstić information content (AvgIpc) is 2.66. The van der Waals surface area contributed by atoms with Crippen molar-refractivity contribution in [3.05, 3.63) is 48.0 Å². The first-order chi connectivity index (χ1) is 13.0. The molecule has 0 saturated carbocycles. The number of benzene rings is 2. The molecule has 0 radical (unpaired) electrons. The smallest absolute Gasteiger partial charge is 0.335 e. The molecule has 0 bridgehead atoms. The Morgan fingerprint density at radius 1 is 1.04 bits per heavy atom. The van der Waals surface area contributed by atoms with Gasteiger partial charge in [0.05, 0.1) is 16.9 Å². The Kier molecular flexibility index (Phi) is 7.79. The minimum atomic E-state index is -0.952. The predicted molar refractivity (Wildman–Crippen MR) is 111 cm³/mol. The van der Waals surface area contributed by atoms with Gasteiger partial charge in [-0.05, 0) is 48.9 Å². The molecule has 0 atom stereocenters. The lowest BCUT2D eigenvalue weighted by molar-refractivity contribution is 0.0697. The second kappa shape index (κ2) is 10.3. The largest absolute Gasteiger partial charge is 0.478 e. The van der Waals surface area contributed by atoms with Crippen LogP contribution in [0.3, 0.4) is 0 Å². The molecule has 2 N–H and O–H groups in total. The Hall–Kier alpha value is -2.89. The summed E-state index contributed by atoms with van der Waals surface area (Å²) in [5, 5.41) is 21.0. The van der Waals surface area contributed by atoms with Crippen molar-refractivity contribution in [1.29, 1.82) is 0 Å². The maximum Gasteiger partial charge on any atom is 0.335 e. The van der Waals surface area contributed by atoms with Gasteiger partial charge in [-0.25, -0.2) is 4.79 Å². The number of carbonyl (C=O) groups is 1. The molecule has 6 heteroatoms. The van der Waals surface area contributed by atoms with Crippen LogP contribution in [0.2, 0.25) is 0 Å². The lowest BCUT2D eigenvalue weighted by atomic mass is 10.2. The molecule has 0 amide bonds. The molecule has 144 valence electrons. The van der Waals surface area contributed by atoms with E-state index in [-0.39, 0.29) is 5.56 Å². The molecule has 0 spiro atoms. The number of nitrogens with zero attached hydrogens (tertiary/aromatic N) is 3. The number of hydrogen-bond acceptors (Lipinski definition) is 5. The molecular weight excluding hydrogens is 340 g/mol. The quantitative estimate of drug-likeness (QED) is 0.407. The van der Waals surface area contributed by atoms with Crippen molar-refractivity contribution < 1.29 is 9.90 Å². The fraction of sp³-hybridized carbons (Fsp3) is 0.381. The fourth-order valence-electron chi connectivity index (χ4n) is 2.59. The summed E-state index contributed by atoms with van der Waals surface area (Å²) < 4.78 is 0. The molecule has 0 aliphatic carbocycles. The van der Waals surface area contributed by atoms with E-state index in [1.165, 1.54) is 31.4 Å². The molecule has 0 aromatic heterocycles. The molecule has 0 fully saturated rings. The summed E-state index contributed by atoms with van der Waals surface area (Å²) in [5.74, 6) is -0.952. The molecule has 27 heavy (non-hydrogen) atoms. The zero-order valence-electron chi connectivity index (χ0n) is 16.3. The molecule has 2 aromatic carbocycles. The number of azo groups is 1. The number of hydrogen-bond donors (Lipinski definition) is 2. The van der Waals surface area contributed by atoms with E-state index in [0.29, 0.717) is 5.69 Å². The first-order valence-corrected chi connectivity index (χ1v) is 9.31. The highest BCUT2D eigenvalue weighted by Gasteiger charge is 2.06. The third kappa shape index (κ3) is 6.40. The molecule has 0 unspecified atom stereocenters. The molecule has 2 rings (SSSR count). The number of anilines is 2. The normalized spacial score (nSPS) is 10.9.